The molecule has 27 heavy (non-hydrogen) atoms. The zero-order valence-corrected chi connectivity index (χ0v) is 16.1. The number of para-hydroxylation sites is 2. The fourth-order valence-electron chi connectivity index (χ4n) is 3.30. The average molecular weight is 370 g/mol. The van der Waals surface area contributed by atoms with Crippen molar-refractivity contribution in [2.45, 2.75) is 6.92 Å². The maximum atomic E-state index is 12.9. The van der Waals surface area contributed by atoms with E-state index in [4.69, 9.17) is 14.2 Å². The number of amides is 1. The highest BCUT2D eigenvalue weighted by atomic mass is 16.5. The van der Waals surface area contributed by atoms with Crippen molar-refractivity contribution in [3.63, 3.8) is 0 Å². The van der Waals surface area contributed by atoms with Gasteiger partial charge in [0.25, 0.3) is 5.91 Å². The second-order valence-electron chi connectivity index (χ2n) is 6.25. The Hall–Kier alpha value is -2.89. The van der Waals surface area contributed by atoms with Gasteiger partial charge >= 0.3 is 0 Å². The molecule has 0 spiro atoms. The van der Waals surface area contributed by atoms with Gasteiger partial charge in [-0.15, -0.1) is 0 Å². The van der Waals surface area contributed by atoms with Gasteiger partial charge in [0.15, 0.2) is 11.5 Å². The Bertz CT molecular complexity index is 786. The average Bonchev–Trinajstić information content (AvgIpc) is 2.73. The molecule has 1 saturated heterocycles. The standard InChI is InChI=1S/C21H26N2O4/c1-4-27-19-10-9-16(15-20(19)26-3)21(24)23-13-11-22(12-14-23)17-7-5-6-8-18(17)25-2/h5-10,15H,4,11-14H2,1-3H3. The molecule has 6 heteroatoms. The first-order valence-electron chi connectivity index (χ1n) is 9.16. The first-order chi connectivity index (χ1) is 13.2. The highest BCUT2D eigenvalue weighted by Crippen LogP contribution is 2.30. The molecule has 0 unspecified atom stereocenters. The largest absolute Gasteiger partial charge is 0.495 e. The zero-order chi connectivity index (χ0) is 19.2. The van der Waals surface area contributed by atoms with Gasteiger partial charge < -0.3 is 24.0 Å². The van der Waals surface area contributed by atoms with Gasteiger partial charge in [-0.25, -0.2) is 0 Å². The van der Waals surface area contributed by atoms with E-state index in [0.717, 1.165) is 24.5 Å². The number of nitrogens with zero attached hydrogens (tertiary/aromatic N) is 2. The van der Waals surface area contributed by atoms with Crippen molar-refractivity contribution in [2.75, 3.05) is 51.9 Å². The molecule has 2 aromatic carbocycles. The Morgan fingerprint density at radius 1 is 0.926 bits per heavy atom. The highest BCUT2D eigenvalue weighted by molar-refractivity contribution is 5.95. The SMILES string of the molecule is CCOc1ccc(C(=O)N2CCN(c3ccccc3OC)CC2)cc1OC. The topological polar surface area (TPSA) is 51.2 Å². The molecule has 0 N–H and O–H groups in total. The second kappa shape index (κ2) is 8.66. The van der Waals surface area contributed by atoms with Crippen LogP contribution >= 0.6 is 0 Å². The van der Waals surface area contributed by atoms with E-state index in [1.54, 1.807) is 32.4 Å². The lowest BCUT2D eigenvalue weighted by Gasteiger charge is -2.36. The third kappa shape index (κ3) is 4.10. The molecule has 0 aliphatic carbocycles. The van der Waals surface area contributed by atoms with Gasteiger partial charge in [-0.3, -0.25) is 4.79 Å². The van der Waals surface area contributed by atoms with Crippen LogP contribution in [0.25, 0.3) is 0 Å². The Labute approximate surface area is 160 Å². The summed E-state index contributed by atoms with van der Waals surface area (Å²) in [6, 6.07) is 13.3. The lowest BCUT2D eigenvalue weighted by molar-refractivity contribution is 0.0746. The van der Waals surface area contributed by atoms with E-state index < -0.39 is 0 Å². The third-order valence-corrected chi connectivity index (χ3v) is 4.70. The quantitative estimate of drug-likeness (QED) is 0.782. The van der Waals surface area contributed by atoms with Gasteiger partial charge in [-0.1, -0.05) is 12.1 Å². The molecule has 1 fully saturated rings. The summed E-state index contributed by atoms with van der Waals surface area (Å²) in [6.07, 6.45) is 0. The maximum Gasteiger partial charge on any atom is 0.254 e. The molecule has 1 aliphatic rings. The van der Waals surface area contributed by atoms with Crippen molar-refractivity contribution >= 4 is 11.6 Å². The van der Waals surface area contributed by atoms with E-state index in [9.17, 15) is 4.79 Å². The molecule has 3 rings (SSSR count). The number of carbonyl (C=O) groups is 1. The van der Waals surface area contributed by atoms with Gasteiger partial charge in [-0.2, -0.15) is 0 Å². The minimum Gasteiger partial charge on any atom is -0.495 e. The molecule has 1 amide bonds. The molecule has 2 aromatic rings. The summed E-state index contributed by atoms with van der Waals surface area (Å²) in [6.45, 7) is 5.31. The van der Waals surface area contributed by atoms with Crippen molar-refractivity contribution in [1.29, 1.82) is 0 Å². The Morgan fingerprint density at radius 3 is 2.30 bits per heavy atom. The van der Waals surface area contributed by atoms with E-state index in [0.29, 0.717) is 36.8 Å². The molecule has 1 aliphatic heterocycles. The third-order valence-electron chi connectivity index (χ3n) is 4.70. The van der Waals surface area contributed by atoms with Crippen molar-refractivity contribution in [2.24, 2.45) is 0 Å². The molecular formula is C21H26N2O4. The summed E-state index contributed by atoms with van der Waals surface area (Å²) in [7, 11) is 3.26. The van der Waals surface area contributed by atoms with E-state index in [2.05, 4.69) is 4.90 Å². The van der Waals surface area contributed by atoms with Crippen LogP contribution in [0.3, 0.4) is 0 Å². The van der Waals surface area contributed by atoms with Crippen LogP contribution < -0.4 is 19.1 Å². The molecule has 144 valence electrons. The van der Waals surface area contributed by atoms with Gasteiger partial charge in [-0.05, 0) is 37.3 Å². The summed E-state index contributed by atoms with van der Waals surface area (Å²) >= 11 is 0. The van der Waals surface area contributed by atoms with Gasteiger partial charge in [0.1, 0.15) is 5.75 Å². The van der Waals surface area contributed by atoms with Crippen LogP contribution in [-0.4, -0.2) is 57.8 Å². The molecule has 0 saturated carbocycles. The van der Waals surface area contributed by atoms with Crippen molar-refractivity contribution < 1.29 is 19.0 Å². The van der Waals surface area contributed by atoms with Crippen molar-refractivity contribution in [3.8, 4) is 17.2 Å². The second-order valence-corrected chi connectivity index (χ2v) is 6.25. The molecule has 0 bridgehead atoms. The first kappa shape index (κ1) is 18.9. The minimum atomic E-state index is 0.0102. The summed E-state index contributed by atoms with van der Waals surface area (Å²) < 4.78 is 16.3. The number of methoxy groups -OCH3 is 2. The summed E-state index contributed by atoms with van der Waals surface area (Å²) in [5.74, 6) is 2.09. The van der Waals surface area contributed by atoms with Crippen LogP contribution in [0.2, 0.25) is 0 Å². The van der Waals surface area contributed by atoms with Crippen LogP contribution in [0, 0.1) is 0 Å². The number of piperazine rings is 1. The number of ether oxygens (including phenoxy) is 3. The molecule has 0 radical (unpaired) electrons. The maximum absolute atomic E-state index is 12.9. The predicted molar refractivity (Wildman–Crippen MR) is 105 cm³/mol. The van der Waals surface area contributed by atoms with E-state index >= 15 is 0 Å². The summed E-state index contributed by atoms with van der Waals surface area (Å²) in [5, 5.41) is 0. The van der Waals surface area contributed by atoms with E-state index in [1.807, 2.05) is 36.1 Å². The molecule has 1 heterocycles. The summed E-state index contributed by atoms with van der Waals surface area (Å²) in [5.41, 5.74) is 1.68. The normalized spacial score (nSPS) is 14.0. The Kier molecular flexibility index (Phi) is 6.06. The summed E-state index contributed by atoms with van der Waals surface area (Å²) in [4.78, 5) is 17.0. The first-order valence-corrected chi connectivity index (χ1v) is 9.16. The molecular weight excluding hydrogens is 344 g/mol. The number of carbonyl (C=O) groups excluding carboxylic acids is 1. The van der Waals surface area contributed by atoms with E-state index in [1.165, 1.54) is 0 Å². The fraction of sp³-hybridized carbons (Fsp3) is 0.381. The molecule has 6 nitrogen and oxygen atoms in total. The van der Waals surface area contributed by atoms with Gasteiger partial charge in [0, 0.05) is 31.7 Å². The monoisotopic (exact) mass is 370 g/mol. The minimum absolute atomic E-state index is 0.0102. The van der Waals surface area contributed by atoms with Crippen LogP contribution in [0.1, 0.15) is 17.3 Å². The zero-order valence-electron chi connectivity index (χ0n) is 16.1. The van der Waals surface area contributed by atoms with Crippen LogP contribution in [-0.2, 0) is 0 Å². The van der Waals surface area contributed by atoms with Crippen LogP contribution in [0.4, 0.5) is 5.69 Å². The Balaban J connectivity index is 1.68. The highest BCUT2D eigenvalue weighted by Gasteiger charge is 2.24. The number of hydrogen-bond donors (Lipinski definition) is 0. The lowest BCUT2D eigenvalue weighted by Crippen LogP contribution is -2.48. The van der Waals surface area contributed by atoms with Gasteiger partial charge in [0.2, 0.25) is 0 Å². The molecule has 0 aromatic heterocycles. The van der Waals surface area contributed by atoms with Crippen molar-refractivity contribution in [1.82, 2.24) is 4.90 Å². The number of hydrogen-bond acceptors (Lipinski definition) is 5. The molecule has 0 atom stereocenters. The predicted octanol–water partition coefficient (Wildman–Crippen LogP) is 3.06. The fourth-order valence-corrected chi connectivity index (χ4v) is 3.30. The van der Waals surface area contributed by atoms with Crippen LogP contribution in [0.15, 0.2) is 42.5 Å². The van der Waals surface area contributed by atoms with E-state index in [-0.39, 0.29) is 5.91 Å². The number of anilines is 1. The number of benzene rings is 2. The Morgan fingerprint density at radius 2 is 1.63 bits per heavy atom. The van der Waals surface area contributed by atoms with Crippen LogP contribution in [0.5, 0.6) is 17.2 Å². The lowest BCUT2D eigenvalue weighted by atomic mass is 10.1. The smallest absolute Gasteiger partial charge is 0.254 e. The van der Waals surface area contributed by atoms with Gasteiger partial charge in [0.05, 0.1) is 26.5 Å². The number of rotatable bonds is 6. The van der Waals surface area contributed by atoms with Crippen molar-refractivity contribution in [3.05, 3.63) is 48.0 Å².